The Bertz CT molecular complexity index is 163. The Morgan fingerprint density at radius 3 is 2.45 bits per heavy atom. The first kappa shape index (κ1) is 8.02. The molecule has 0 saturated carbocycles. The fourth-order valence-electron chi connectivity index (χ4n) is 1.47. The van der Waals surface area contributed by atoms with E-state index in [-0.39, 0.29) is 0 Å². The third kappa shape index (κ3) is 1.46. The molecular weight excluding hydrogens is 176 g/mol. The Balaban J connectivity index is 1.90. The zero-order valence-corrected chi connectivity index (χ0v) is 7.90. The lowest BCUT2D eigenvalue weighted by atomic mass is 9.84. The normalized spacial score (nSPS) is 37.5. The molecule has 1 nitrogen and oxygen atoms in total. The van der Waals surface area contributed by atoms with Crippen LogP contribution in [0.3, 0.4) is 0 Å². The maximum atomic E-state index is 8.95. The van der Waals surface area contributed by atoms with Crippen molar-refractivity contribution in [2.24, 2.45) is 11.8 Å². The van der Waals surface area contributed by atoms with Gasteiger partial charge in [-0.05, 0) is 0 Å². The van der Waals surface area contributed by atoms with E-state index in [9.17, 15) is 0 Å². The molecule has 1 aliphatic carbocycles. The van der Waals surface area contributed by atoms with Gasteiger partial charge in [-0.1, -0.05) is 12.2 Å². The highest BCUT2D eigenvalue weighted by Gasteiger charge is 2.33. The average molecular weight is 188 g/mol. The minimum absolute atomic E-state index is 0.332. The Morgan fingerprint density at radius 1 is 1.27 bits per heavy atom. The van der Waals surface area contributed by atoms with Crippen LogP contribution in [0.5, 0.6) is 0 Å². The van der Waals surface area contributed by atoms with Gasteiger partial charge in [0.15, 0.2) is 0 Å². The largest absolute Gasteiger partial charge is 0.396 e. The van der Waals surface area contributed by atoms with Gasteiger partial charge in [0.1, 0.15) is 0 Å². The number of thioether (sulfide) groups is 2. The van der Waals surface area contributed by atoms with Crippen LogP contribution in [0.1, 0.15) is 0 Å². The number of allylic oxidation sites excluding steroid dienone is 1. The molecule has 0 bridgehead atoms. The van der Waals surface area contributed by atoms with Crippen LogP contribution >= 0.6 is 23.5 Å². The van der Waals surface area contributed by atoms with Crippen molar-refractivity contribution in [1.29, 1.82) is 0 Å². The minimum Gasteiger partial charge on any atom is -0.396 e. The van der Waals surface area contributed by atoms with Crippen molar-refractivity contribution in [2.75, 3.05) is 18.1 Å². The van der Waals surface area contributed by atoms with Gasteiger partial charge in [-0.3, -0.25) is 0 Å². The van der Waals surface area contributed by atoms with Crippen LogP contribution in [0.25, 0.3) is 0 Å². The molecule has 1 heterocycles. The van der Waals surface area contributed by atoms with E-state index in [4.69, 9.17) is 5.11 Å². The Labute approximate surface area is 75.6 Å². The van der Waals surface area contributed by atoms with Crippen molar-refractivity contribution in [3.8, 4) is 0 Å². The van der Waals surface area contributed by atoms with E-state index >= 15 is 0 Å². The molecule has 2 atom stereocenters. The molecule has 2 aliphatic rings. The molecule has 11 heavy (non-hydrogen) atoms. The molecule has 3 heteroatoms. The first-order valence-corrected chi connectivity index (χ1v) is 6.04. The first-order valence-electron chi connectivity index (χ1n) is 3.94. The second kappa shape index (κ2) is 3.42. The van der Waals surface area contributed by atoms with Crippen LogP contribution in [-0.2, 0) is 0 Å². The summed E-state index contributed by atoms with van der Waals surface area (Å²) in [6.07, 6.45) is 4.38. The third-order valence-electron chi connectivity index (χ3n) is 2.25. The predicted molar refractivity (Wildman–Crippen MR) is 51.9 cm³/mol. The lowest BCUT2D eigenvalue weighted by Crippen LogP contribution is -2.28. The van der Waals surface area contributed by atoms with Gasteiger partial charge in [-0.15, -0.1) is 23.5 Å². The highest BCUT2D eigenvalue weighted by Crippen LogP contribution is 2.44. The monoisotopic (exact) mass is 188 g/mol. The zero-order valence-electron chi connectivity index (χ0n) is 6.27. The molecule has 2 rings (SSSR count). The van der Waals surface area contributed by atoms with Gasteiger partial charge < -0.3 is 5.11 Å². The maximum Gasteiger partial charge on any atom is 0.0572 e. The van der Waals surface area contributed by atoms with E-state index in [1.807, 2.05) is 23.5 Å². The molecule has 1 aliphatic heterocycles. The van der Waals surface area contributed by atoms with Crippen LogP contribution in [0.2, 0.25) is 0 Å². The van der Waals surface area contributed by atoms with Crippen LogP contribution < -0.4 is 0 Å². The highest BCUT2D eigenvalue weighted by molar-refractivity contribution is 8.20. The van der Waals surface area contributed by atoms with E-state index in [1.165, 1.54) is 11.5 Å². The number of aliphatic hydroxyl groups is 1. The Hall–Kier alpha value is 0.400. The SMILES string of the molecule is OCC1C=CC1C1SCCS1. The van der Waals surface area contributed by atoms with Crippen molar-refractivity contribution >= 4 is 23.5 Å². The van der Waals surface area contributed by atoms with E-state index < -0.39 is 0 Å². The highest BCUT2D eigenvalue weighted by atomic mass is 32.2. The summed E-state index contributed by atoms with van der Waals surface area (Å²) in [6, 6.07) is 0. The van der Waals surface area contributed by atoms with Crippen molar-refractivity contribution < 1.29 is 5.11 Å². The number of hydrogen-bond donors (Lipinski definition) is 1. The van der Waals surface area contributed by atoms with Gasteiger partial charge >= 0.3 is 0 Å². The molecule has 0 amide bonds. The molecular formula is C8H12OS2. The lowest BCUT2D eigenvalue weighted by molar-refractivity contribution is 0.215. The number of hydrogen-bond acceptors (Lipinski definition) is 3. The average Bonchev–Trinajstić information content (AvgIpc) is 2.39. The molecule has 2 unspecified atom stereocenters. The van der Waals surface area contributed by atoms with Crippen LogP contribution in [0, 0.1) is 11.8 Å². The van der Waals surface area contributed by atoms with Crippen molar-refractivity contribution in [3.05, 3.63) is 12.2 Å². The molecule has 0 aromatic heterocycles. The fraction of sp³-hybridized carbons (Fsp3) is 0.750. The summed E-state index contributed by atoms with van der Waals surface area (Å²) in [5.41, 5.74) is 0. The van der Waals surface area contributed by atoms with E-state index in [1.54, 1.807) is 0 Å². The Kier molecular flexibility index (Phi) is 2.49. The quantitative estimate of drug-likeness (QED) is 0.665. The van der Waals surface area contributed by atoms with Crippen molar-refractivity contribution in [1.82, 2.24) is 0 Å². The molecule has 0 radical (unpaired) electrons. The minimum atomic E-state index is 0.332. The van der Waals surface area contributed by atoms with Crippen molar-refractivity contribution in [3.63, 3.8) is 0 Å². The standard InChI is InChI=1S/C8H12OS2/c9-5-6-1-2-7(6)8-10-3-4-11-8/h1-2,6-9H,3-5H2. The molecule has 1 fully saturated rings. The number of aliphatic hydroxyl groups excluding tert-OH is 1. The molecule has 62 valence electrons. The second-order valence-electron chi connectivity index (χ2n) is 2.92. The zero-order chi connectivity index (χ0) is 7.68. The molecule has 0 aromatic rings. The van der Waals surface area contributed by atoms with Gasteiger partial charge in [-0.2, -0.15) is 0 Å². The maximum absolute atomic E-state index is 8.95. The smallest absolute Gasteiger partial charge is 0.0572 e. The Morgan fingerprint density at radius 2 is 2.00 bits per heavy atom. The lowest BCUT2D eigenvalue weighted by Gasteiger charge is -2.31. The van der Waals surface area contributed by atoms with Crippen LogP contribution in [-0.4, -0.2) is 27.8 Å². The molecule has 0 aromatic carbocycles. The van der Waals surface area contributed by atoms with Gasteiger partial charge in [-0.25, -0.2) is 0 Å². The van der Waals surface area contributed by atoms with Crippen LogP contribution in [0.4, 0.5) is 0 Å². The summed E-state index contributed by atoms with van der Waals surface area (Å²) in [5, 5.41) is 8.95. The third-order valence-corrected chi connectivity index (χ3v) is 5.49. The second-order valence-corrected chi connectivity index (χ2v) is 5.72. The van der Waals surface area contributed by atoms with E-state index in [0.717, 1.165) is 4.58 Å². The summed E-state index contributed by atoms with van der Waals surface area (Å²) >= 11 is 4.09. The summed E-state index contributed by atoms with van der Waals surface area (Å²) in [5.74, 6) is 3.69. The summed E-state index contributed by atoms with van der Waals surface area (Å²) < 4.78 is 0.733. The topological polar surface area (TPSA) is 20.2 Å². The van der Waals surface area contributed by atoms with Gasteiger partial charge in [0.2, 0.25) is 0 Å². The van der Waals surface area contributed by atoms with E-state index in [0.29, 0.717) is 18.4 Å². The van der Waals surface area contributed by atoms with Gasteiger partial charge in [0.05, 0.1) is 4.58 Å². The number of rotatable bonds is 2. The predicted octanol–water partition coefficient (Wildman–Crippen LogP) is 1.59. The fourth-order valence-corrected chi connectivity index (χ4v) is 4.70. The summed E-state index contributed by atoms with van der Waals surface area (Å²) in [7, 11) is 0. The van der Waals surface area contributed by atoms with Gasteiger partial charge in [0, 0.05) is 29.9 Å². The van der Waals surface area contributed by atoms with Gasteiger partial charge in [0.25, 0.3) is 0 Å². The summed E-state index contributed by atoms with van der Waals surface area (Å²) in [6.45, 7) is 0.332. The molecule has 1 N–H and O–H groups in total. The molecule has 1 saturated heterocycles. The summed E-state index contributed by atoms with van der Waals surface area (Å²) in [4.78, 5) is 0. The van der Waals surface area contributed by atoms with E-state index in [2.05, 4.69) is 12.2 Å². The first-order chi connectivity index (χ1) is 5.42. The van der Waals surface area contributed by atoms with Crippen molar-refractivity contribution in [2.45, 2.75) is 4.58 Å². The molecule has 0 spiro atoms. The van der Waals surface area contributed by atoms with Crippen LogP contribution in [0.15, 0.2) is 12.2 Å².